The molecule has 2 aromatic carbocycles. The van der Waals surface area contributed by atoms with E-state index in [1.165, 1.54) is 22.9 Å². The number of ketones is 1. The van der Waals surface area contributed by atoms with Crippen LogP contribution in [-0.4, -0.2) is 21.7 Å². The largest absolute Gasteiger partial charge is 0.411 e. The Kier molecular flexibility index (Phi) is 5.16. The molecule has 0 N–H and O–H groups in total. The molecule has 24 heavy (non-hydrogen) atoms. The zero-order valence-electron chi connectivity index (χ0n) is 13.2. The summed E-state index contributed by atoms with van der Waals surface area (Å²) < 4.78 is 6.60. The first-order chi connectivity index (χ1) is 11.5. The van der Waals surface area contributed by atoms with Crippen LogP contribution in [0.15, 0.2) is 56.6 Å². The van der Waals surface area contributed by atoms with E-state index in [1.807, 2.05) is 37.3 Å². The molecule has 6 heteroatoms. The van der Waals surface area contributed by atoms with Crippen molar-refractivity contribution in [3.63, 3.8) is 0 Å². The number of carbonyl (C=O) groups excluding carboxylic acids is 1. The average molecular weight is 403 g/mol. The SMILES string of the molecule is Cc1ccc(-c2nnc(SCC(=O)c3ccc(Br)cc3)o2)cc1C. The van der Waals surface area contributed by atoms with Crippen LogP contribution in [0, 0.1) is 13.8 Å². The highest BCUT2D eigenvalue weighted by Gasteiger charge is 2.13. The topological polar surface area (TPSA) is 56.0 Å². The van der Waals surface area contributed by atoms with Gasteiger partial charge in [-0.2, -0.15) is 0 Å². The summed E-state index contributed by atoms with van der Waals surface area (Å²) in [5.74, 6) is 0.756. The number of aryl methyl sites for hydroxylation is 2. The van der Waals surface area contributed by atoms with Crippen molar-refractivity contribution in [2.24, 2.45) is 0 Å². The lowest BCUT2D eigenvalue weighted by molar-refractivity contribution is 0.102. The van der Waals surface area contributed by atoms with E-state index in [-0.39, 0.29) is 11.5 Å². The third kappa shape index (κ3) is 3.94. The van der Waals surface area contributed by atoms with E-state index in [4.69, 9.17) is 4.42 Å². The van der Waals surface area contributed by atoms with E-state index in [0.717, 1.165) is 10.0 Å². The number of carbonyl (C=O) groups is 1. The molecule has 0 fully saturated rings. The number of Topliss-reactive ketones (excluding diaryl/α,β-unsaturated/α-hetero) is 1. The predicted molar refractivity (Wildman–Crippen MR) is 98.4 cm³/mol. The molecule has 1 aromatic heterocycles. The first-order valence-electron chi connectivity index (χ1n) is 7.35. The number of nitrogens with zero attached hydrogens (tertiary/aromatic N) is 2. The molecule has 0 spiro atoms. The zero-order chi connectivity index (χ0) is 17.1. The molecular formula is C18H15BrN2O2S. The Balaban J connectivity index is 1.66. The van der Waals surface area contributed by atoms with Gasteiger partial charge in [-0.3, -0.25) is 4.79 Å². The van der Waals surface area contributed by atoms with Crippen LogP contribution >= 0.6 is 27.7 Å². The minimum Gasteiger partial charge on any atom is -0.411 e. The first kappa shape index (κ1) is 16.9. The molecule has 0 unspecified atom stereocenters. The van der Waals surface area contributed by atoms with Crippen molar-refractivity contribution in [2.45, 2.75) is 19.1 Å². The molecule has 122 valence electrons. The summed E-state index contributed by atoms with van der Waals surface area (Å²) in [5.41, 5.74) is 3.94. The maximum atomic E-state index is 12.2. The van der Waals surface area contributed by atoms with Crippen LogP contribution in [0.4, 0.5) is 0 Å². The predicted octanol–water partition coefficient (Wildman–Crippen LogP) is 5.09. The minimum atomic E-state index is 0.0263. The molecule has 0 aliphatic rings. The molecule has 4 nitrogen and oxygen atoms in total. The maximum absolute atomic E-state index is 12.2. The second-order valence-corrected chi connectivity index (χ2v) is 7.23. The van der Waals surface area contributed by atoms with Gasteiger partial charge >= 0.3 is 0 Å². The van der Waals surface area contributed by atoms with Gasteiger partial charge in [-0.25, -0.2) is 0 Å². The van der Waals surface area contributed by atoms with Crippen LogP contribution in [0.3, 0.4) is 0 Å². The van der Waals surface area contributed by atoms with Gasteiger partial charge in [0, 0.05) is 15.6 Å². The van der Waals surface area contributed by atoms with Gasteiger partial charge < -0.3 is 4.42 Å². The molecule has 0 radical (unpaired) electrons. The molecule has 0 aliphatic heterocycles. The molecule has 0 aliphatic carbocycles. The lowest BCUT2D eigenvalue weighted by atomic mass is 10.1. The van der Waals surface area contributed by atoms with Crippen molar-refractivity contribution in [2.75, 3.05) is 5.75 Å². The Labute approximate surface area is 152 Å². The number of hydrogen-bond donors (Lipinski definition) is 0. The summed E-state index contributed by atoms with van der Waals surface area (Å²) >= 11 is 4.60. The summed E-state index contributed by atoms with van der Waals surface area (Å²) in [6, 6.07) is 13.3. The van der Waals surface area contributed by atoms with Crippen LogP contribution in [-0.2, 0) is 0 Å². The Bertz CT molecular complexity index is 875. The second kappa shape index (κ2) is 7.32. The van der Waals surface area contributed by atoms with Gasteiger partial charge in [-0.05, 0) is 49.2 Å². The van der Waals surface area contributed by atoms with Crippen molar-refractivity contribution >= 4 is 33.5 Å². The number of halogens is 1. The average Bonchev–Trinajstić information content (AvgIpc) is 3.05. The zero-order valence-corrected chi connectivity index (χ0v) is 15.6. The lowest BCUT2D eigenvalue weighted by Gasteiger charge is -2.01. The lowest BCUT2D eigenvalue weighted by Crippen LogP contribution is -2.01. The van der Waals surface area contributed by atoms with Gasteiger partial charge in [0.25, 0.3) is 5.22 Å². The normalized spacial score (nSPS) is 10.8. The van der Waals surface area contributed by atoms with E-state index in [0.29, 0.717) is 16.7 Å². The minimum absolute atomic E-state index is 0.0263. The Morgan fingerprint density at radius 2 is 1.83 bits per heavy atom. The highest BCUT2D eigenvalue weighted by atomic mass is 79.9. The van der Waals surface area contributed by atoms with E-state index in [9.17, 15) is 4.79 Å². The third-order valence-corrected chi connectivity index (χ3v) is 5.00. The quantitative estimate of drug-likeness (QED) is 0.439. The van der Waals surface area contributed by atoms with Crippen molar-refractivity contribution in [3.8, 4) is 11.5 Å². The Morgan fingerprint density at radius 3 is 2.54 bits per heavy atom. The van der Waals surface area contributed by atoms with Gasteiger partial charge in [-0.1, -0.05) is 45.9 Å². The molecule has 3 aromatic rings. The van der Waals surface area contributed by atoms with Gasteiger partial charge in [0.2, 0.25) is 5.89 Å². The summed E-state index contributed by atoms with van der Waals surface area (Å²) in [6.07, 6.45) is 0. The number of hydrogen-bond acceptors (Lipinski definition) is 5. The number of aromatic nitrogens is 2. The van der Waals surface area contributed by atoms with Gasteiger partial charge in [0.1, 0.15) is 0 Å². The van der Waals surface area contributed by atoms with Crippen LogP contribution in [0.25, 0.3) is 11.5 Å². The molecule has 1 heterocycles. The van der Waals surface area contributed by atoms with Crippen LogP contribution < -0.4 is 0 Å². The van der Waals surface area contributed by atoms with E-state index in [2.05, 4.69) is 33.1 Å². The first-order valence-corrected chi connectivity index (χ1v) is 9.13. The fraction of sp³-hybridized carbons (Fsp3) is 0.167. The highest BCUT2D eigenvalue weighted by molar-refractivity contribution is 9.10. The fourth-order valence-electron chi connectivity index (χ4n) is 2.11. The third-order valence-electron chi connectivity index (χ3n) is 3.65. The summed E-state index contributed by atoms with van der Waals surface area (Å²) in [7, 11) is 0. The molecule has 3 rings (SSSR count). The summed E-state index contributed by atoms with van der Waals surface area (Å²) in [4.78, 5) is 12.2. The molecule has 0 bridgehead atoms. The maximum Gasteiger partial charge on any atom is 0.277 e. The molecule has 0 amide bonds. The molecule has 0 saturated heterocycles. The fourth-order valence-corrected chi connectivity index (χ4v) is 3.03. The molecular weight excluding hydrogens is 388 g/mol. The van der Waals surface area contributed by atoms with E-state index in [1.54, 1.807) is 12.1 Å². The summed E-state index contributed by atoms with van der Waals surface area (Å²) in [6.45, 7) is 4.10. The van der Waals surface area contributed by atoms with Gasteiger partial charge in [0.05, 0.1) is 5.75 Å². The second-order valence-electron chi connectivity index (χ2n) is 5.39. The van der Waals surface area contributed by atoms with Gasteiger partial charge in [-0.15, -0.1) is 10.2 Å². The summed E-state index contributed by atoms with van der Waals surface area (Å²) in [5, 5.41) is 8.47. The standard InChI is InChI=1S/C18H15BrN2O2S/c1-11-3-4-14(9-12(11)2)17-20-21-18(23-17)24-10-16(22)13-5-7-15(19)8-6-13/h3-9H,10H2,1-2H3. The Morgan fingerprint density at radius 1 is 1.08 bits per heavy atom. The van der Waals surface area contributed by atoms with Crippen molar-refractivity contribution in [3.05, 3.63) is 63.6 Å². The molecule has 0 atom stereocenters. The van der Waals surface area contributed by atoms with Crippen molar-refractivity contribution < 1.29 is 9.21 Å². The van der Waals surface area contributed by atoms with Crippen LogP contribution in [0.2, 0.25) is 0 Å². The Hall–Kier alpha value is -1.92. The highest BCUT2D eigenvalue weighted by Crippen LogP contribution is 2.25. The van der Waals surface area contributed by atoms with E-state index >= 15 is 0 Å². The number of benzene rings is 2. The number of rotatable bonds is 5. The van der Waals surface area contributed by atoms with E-state index < -0.39 is 0 Å². The van der Waals surface area contributed by atoms with Gasteiger partial charge in [0.15, 0.2) is 5.78 Å². The van der Waals surface area contributed by atoms with Crippen LogP contribution in [0.5, 0.6) is 0 Å². The van der Waals surface area contributed by atoms with Crippen molar-refractivity contribution in [1.29, 1.82) is 0 Å². The smallest absolute Gasteiger partial charge is 0.277 e. The molecule has 0 saturated carbocycles. The number of thioether (sulfide) groups is 1. The monoisotopic (exact) mass is 402 g/mol. The van der Waals surface area contributed by atoms with Crippen LogP contribution in [0.1, 0.15) is 21.5 Å². The van der Waals surface area contributed by atoms with Crippen molar-refractivity contribution in [1.82, 2.24) is 10.2 Å².